The summed E-state index contributed by atoms with van der Waals surface area (Å²) in [5, 5.41) is 3.23. The maximum absolute atomic E-state index is 12.9. The number of piperazine rings is 1. The van der Waals surface area contributed by atoms with Crippen LogP contribution >= 0.6 is 0 Å². The summed E-state index contributed by atoms with van der Waals surface area (Å²) in [5.41, 5.74) is 0.137. The van der Waals surface area contributed by atoms with E-state index < -0.39 is 11.9 Å². The number of carbonyl (C=O) groups is 1. The first-order chi connectivity index (χ1) is 11.9. The van der Waals surface area contributed by atoms with Crippen LogP contribution in [0.1, 0.15) is 33.4 Å². The van der Waals surface area contributed by atoms with Crippen LogP contribution in [0.4, 0.5) is 13.2 Å². The fourth-order valence-electron chi connectivity index (χ4n) is 2.92. The number of aryl methyl sites for hydroxylation is 1. The van der Waals surface area contributed by atoms with Gasteiger partial charge in [-0.05, 0) is 30.7 Å². The minimum Gasteiger partial charge on any atom is -0.329 e. The van der Waals surface area contributed by atoms with E-state index in [9.17, 15) is 18.0 Å². The number of halogens is 3. The molecule has 1 atom stereocenters. The van der Waals surface area contributed by atoms with Gasteiger partial charge in [-0.15, -0.1) is 0 Å². The molecule has 3 rings (SSSR count). The third-order valence-electron chi connectivity index (χ3n) is 4.18. The molecule has 5 nitrogen and oxygen atoms in total. The first-order valence-corrected chi connectivity index (χ1v) is 7.84. The van der Waals surface area contributed by atoms with Gasteiger partial charge >= 0.3 is 6.18 Å². The van der Waals surface area contributed by atoms with Gasteiger partial charge < -0.3 is 10.2 Å². The van der Waals surface area contributed by atoms with Gasteiger partial charge in [0.05, 0.1) is 17.3 Å². The van der Waals surface area contributed by atoms with Crippen molar-refractivity contribution >= 4 is 5.91 Å². The van der Waals surface area contributed by atoms with Crippen molar-refractivity contribution in [3.8, 4) is 0 Å². The highest BCUT2D eigenvalue weighted by Gasteiger charge is 2.34. The number of hydrogen-bond acceptors (Lipinski definition) is 4. The van der Waals surface area contributed by atoms with Crippen LogP contribution in [0.3, 0.4) is 0 Å². The molecule has 2 aromatic rings. The Hall–Kier alpha value is -2.48. The number of alkyl halides is 3. The molecule has 1 aliphatic heterocycles. The lowest BCUT2D eigenvalue weighted by atomic mass is 10.0. The zero-order chi connectivity index (χ0) is 18.0. The molecule has 1 saturated heterocycles. The maximum Gasteiger partial charge on any atom is 0.433 e. The van der Waals surface area contributed by atoms with E-state index in [0.717, 1.165) is 11.6 Å². The van der Waals surface area contributed by atoms with E-state index in [1.54, 1.807) is 23.4 Å². The van der Waals surface area contributed by atoms with Crippen molar-refractivity contribution in [2.24, 2.45) is 0 Å². The Bertz CT molecular complexity index is 764. The lowest BCUT2D eigenvalue weighted by molar-refractivity contribution is -0.141. The predicted octanol–water partition coefficient (Wildman–Crippen LogP) is 2.59. The van der Waals surface area contributed by atoms with Crippen molar-refractivity contribution in [2.75, 3.05) is 19.6 Å². The molecule has 132 valence electrons. The number of aromatic nitrogens is 2. The molecule has 1 amide bonds. The van der Waals surface area contributed by atoms with Gasteiger partial charge in [-0.1, -0.05) is 6.07 Å². The quantitative estimate of drug-likeness (QED) is 0.905. The molecule has 0 saturated carbocycles. The topological polar surface area (TPSA) is 58.1 Å². The molecule has 8 heteroatoms. The highest BCUT2D eigenvalue weighted by atomic mass is 19.4. The third-order valence-corrected chi connectivity index (χ3v) is 4.18. The molecule has 2 aromatic heterocycles. The van der Waals surface area contributed by atoms with E-state index in [0.29, 0.717) is 19.6 Å². The van der Waals surface area contributed by atoms with Crippen molar-refractivity contribution < 1.29 is 18.0 Å². The molecule has 1 aliphatic rings. The summed E-state index contributed by atoms with van der Waals surface area (Å²) >= 11 is 0. The summed E-state index contributed by atoms with van der Waals surface area (Å²) < 4.78 is 38.3. The van der Waals surface area contributed by atoms with Crippen LogP contribution in [-0.2, 0) is 6.18 Å². The SMILES string of the molecule is Cc1nc(C(F)(F)F)ccc1C(=O)N1CCNCC1c1cccnc1. The summed E-state index contributed by atoms with van der Waals surface area (Å²) in [6.45, 7) is 3.06. The summed E-state index contributed by atoms with van der Waals surface area (Å²) in [4.78, 5) is 22.2. The smallest absolute Gasteiger partial charge is 0.329 e. The molecule has 0 aromatic carbocycles. The number of rotatable bonds is 2. The Labute approximate surface area is 142 Å². The monoisotopic (exact) mass is 350 g/mol. The predicted molar refractivity (Wildman–Crippen MR) is 84.9 cm³/mol. The lowest BCUT2D eigenvalue weighted by Gasteiger charge is -2.36. The molecule has 25 heavy (non-hydrogen) atoms. The Kier molecular flexibility index (Phi) is 4.71. The third kappa shape index (κ3) is 3.63. The van der Waals surface area contributed by atoms with Crippen molar-refractivity contribution in [3.05, 3.63) is 59.2 Å². The van der Waals surface area contributed by atoms with Crippen LogP contribution in [0.15, 0.2) is 36.7 Å². The number of pyridine rings is 2. The van der Waals surface area contributed by atoms with Gasteiger partial charge in [0, 0.05) is 32.0 Å². The van der Waals surface area contributed by atoms with Gasteiger partial charge in [0.1, 0.15) is 5.69 Å². The van der Waals surface area contributed by atoms with E-state index in [2.05, 4.69) is 15.3 Å². The minimum absolute atomic E-state index is 0.0725. The number of nitrogens with zero attached hydrogens (tertiary/aromatic N) is 3. The molecular weight excluding hydrogens is 333 g/mol. The van der Waals surface area contributed by atoms with E-state index in [-0.39, 0.29) is 23.2 Å². The molecule has 0 bridgehead atoms. The Balaban J connectivity index is 1.91. The fraction of sp³-hybridized carbons (Fsp3) is 0.353. The summed E-state index contributed by atoms with van der Waals surface area (Å²) in [5.74, 6) is -0.325. The number of carbonyl (C=O) groups excluding carboxylic acids is 1. The zero-order valence-corrected chi connectivity index (χ0v) is 13.5. The van der Waals surface area contributed by atoms with E-state index >= 15 is 0 Å². The van der Waals surface area contributed by atoms with Gasteiger partial charge in [-0.2, -0.15) is 13.2 Å². The number of nitrogens with one attached hydrogen (secondary N) is 1. The van der Waals surface area contributed by atoms with Gasteiger partial charge in [-0.3, -0.25) is 9.78 Å². The van der Waals surface area contributed by atoms with Crippen LogP contribution in [0.25, 0.3) is 0 Å². The summed E-state index contributed by atoms with van der Waals surface area (Å²) in [6.07, 6.45) is -1.19. The molecule has 3 heterocycles. The van der Waals surface area contributed by atoms with Crippen molar-refractivity contribution in [1.29, 1.82) is 0 Å². The largest absolute Gasteiger partial charge is 0.433 e. The Morgan fingerprint density at radius 3 is 2.76 bits per heavy atom. The second-order valence-corrected chi connectivity index (χ2v) is 5.83. The molecule has 0 spiro atoms. The van der Waals surface area contributed by atoms with Crippen LogP contribution in [-0.4, -0.2) is 40.4 Å². The number of hydrogen-bond donors (Lipinski definition) is 1. The van der Waals surface area contributed by atoms with Crippen molar-refractivity contribution in [1.82, 2.24) is 20.2 Å². The van der Waals surface area contributed by atoms with Gasteiger partial charge in [0.25, 0.3) is 5.91 Å². The maximum atomic E-state index is 12.9. The second kappa shape index (κ2) is 6.79. The summed E-state index contributed by atoms with van der Waals surface area (Å²) in [7, 11) is 0. The molecular formula is C17H17F3N4O. The minimum atomic E-state index is -4.53. The van der Waals surface area contributed by atoms with Crippen LogP contribution in [0.2, 0.25) is 0 Å². The summed E-state index contributed by atoms with van der Waals surface area (Å²) in [6, 6.07) is 5.49. The normalized spacial score (nSPS) is 18.2. The van der Waals surface area contributed by atoms with Crippen LogP contribution in [0.5, 0.6) is 0 Å². The van der Waals surface area contributed by atoms with Crippen LogP contribution < -0.4 is 5.32 Å². The van der Waals surface area contributed by atoms with Crippen molar-refractivity contribution in [3.63, 3.8) is 0 Å². The molecule has 1 unspecified atom stereocenters. The zero-order valence-electron chi connectivity index (χ0n) is 13.5. The fourth-order valence-corrected chi connectivity index (χ4v) is 2.92. The van der Waals surface area contributed by atoms with Gasteiger partial charge in [0.15, 0.2) is 0 Å². The van der Waals surface area contributed by atoms with Crippen molar-refractivity contribution in [2.45, 2.75) is 19.1 Å². The Morgan fingerprint density at radius 2 is 2.12 bits per heavy atom. The number of amides is 1. The average molecular weight is 350 g/mol. The van der Waals surface area contributed by atoms with Gasteiger partial charge in [0.2, 0.25) is 0 Å². The molecule has 0 radical (unpaired) electrons. The highest BCUT2D eigenvalue weighted by Crippen LogP contribution is 2.29. The van der Waals surface area contributed by atoms with E-state index in [1.165, 1.54) is 13.0 Å². The first-order valence-electron chi connectivity index (χ1n) is 7.84. The average Bonchev–Trinajstić information content (AvgIpc) is 2.61. The molecule has 1 fully saturated rings. The standard InChI is InChI=1S/C17H17F3N4O/c1-11-13(4-5-15(23-11)17(18,19)20)16(25)24-8-7-22-10-14(24)12-3-2-6-21-9-12/h2-6,9,14,22H,7-8,10H2,1H3. The van der Waals surface area contributed by atoms with Crippen LogP contribution in [0, 0.1) is 6.92 Å². The van der Waals surface area contributed by atoms with E-state index in [1.807, 2.05) is 6.07 Å². The van der Waals surface area contributed by atoms with Gasteiger partial charge in [-0.25, -0.2) is 4.98 Å². The molecule has 1 N–H and O–H groups in total. The second-order valence-electron chi connectivity index (χ2n) is 5.83. The molecule has 0 aliphatic carbocycles. The highest BCUT2D eigenvalue weighted by molar-refractivity contribution is 5.95. The lowest BCUT2D eigenvalue weighted by Crippen LogP contribution is -2.48. The Morgan fingerprint density at radius 1 is 1.32 bits per heavy atom. The van der Waals surface area contributed by atoms with E-state index in [4.69, 9.17) is 0 Å². The first kappa shape index (κ1) is 17.3.